The fourth-order valence-electron chi connectivity index (χ4n) is 1.54. The minimum Gasteiger partial charge on any atom is -0.504 e. The molecular formula is C11H14N4O3. The van der Waals surface area contributed by atoms with Crippen molar-refractivity contribution >= 4 is 0 Å². The first kappa shape index (κ1) is 12.2. The van der Waals surface area contributed by atoms with Crippen molar-refractivity contribution in [3.8, 4) is 17.2 Å². The quantitative estimate of drug-likeness (QED) is 0.512. The van der Waals surface area contributed by atoms with Gasteiger partial charge in [0.15, 0.2) is 11.5 Å². The maximum Gasteiger partial charge on any atom is 0.200 e. The average Bonchev–Trinajstić information content (AvgIpc) is 2.89. The molecule has 0 aliphatic rings. The summed E-state index contributed by atoms with van der Waals surface area (Å²) in [6, 6.07) is 2.78. The predicted molar refractivity (Wildman–Crippen MR) is 63.1 cm³/mol. The number of rotatable bonds is 4. The van der Waals surface area contributed by atoms with Crippen LogP contribution < -0.4 is 5.32 Å². The molecule has 2 rings (SSSR count). The van der Waals surface area contributed by atoms with E-state index < -0.39 is 5.75 Å². The molecule has 0 aliphatic carbocycles. The monoisotopic (exact) mass is 250 g/mol. The van der Waals surface area contributed by atoms with Gasteiger partial charge in [-0.05, 0) is 13.0 Å². The lowest BCUT2D eigenvalue weighted by molar-refractivity contribution is 0.363. The molecule has 0 fully saturated rings. The van der Waals surface area contributed by atoms with Gasteiger partial charge in [-0.2, -0.15) is 5.10 Å². The minimum atomic E-state index is -0.512. The van der Waals surface area contributed by atoms with Crippen LogP contribution in [-0.4, -0.2) is 30.5 Å². The maximum absolute atomic E-state index is 9.64. The van der Waals surface area contributed by atoms with Gasteiger partial charge in [0, 0.05) is 12.1 Å². The molecule has 7 nitrogen and oxygen atoms in total. The largest absolute Gasteiger partial charge is 0.504 e. The Balaban J connectivity index is 2.05. The smallest absolute Gasteiger partial charge is 0.200 e. The Morgan fingerprint density at radius 1 is 1.28 bits per heavy atom. The number of phenols is 3. The summed E-state index contributed by atoms with van der Waals surface area (Å²) >= 11 is 0. The Morgan fingerprint density at radius 3 is 2.72 bits per heavy atom. The summed E-state index contributed by atoms with van der Waals surface area (Å²) in [6.07, 6.45) is 1.41. The molecule has 18 heavy (non-hydrogen) atoms. The molecule has 96 valence electrons. The summed E-state index contributed by atoms with van der Waals surface area (Å²) < 4.78 is 0. The van der Waals surface area contributed by atoms with Gasteiger partial charge in [0.2, 0.25) is 5.75 Å². The third-order valence-electron chi connectivity index (χ3n) is 2.66. The summed E-state index contributed by atoms with van der Waals surface area (Å²) in [5.74, 6) is -0.508. The zero-order valence-corrected chi connectivity index (χ0v) is 9.75. The average molecular weight is 250 g/mol. The first-order chi connectivity index (χ1) is 8.59. The molecule has 1 heterocycles. The van der Waals surface area contributed by atoms with E-state index in [2.05, 4.69) is 20.5 Å². The van der Waals surface area contributed by atoms with Crippen molar-refractivity contribution in [3.63, 3.8) is 0 Å². The molecule has 0 radical (unpaired) electrons. The molecule has 2 aromatic rings. The predicted octanol–water partition coefficient (Wildman–Crippen LogP) is 0.772. The SMILES string of the molecule is CC(NCc1ccc(O)c(O)c1O)c1ncn[nH]1. The normalized spacial score (nSPS) is 12.5. The Hall–Kier alpha value is -2.28. The van der Waals surface area contributed by atoms with Gasteiger partial charge in [-0.1, -0.05) is 6.07 Å². The van der Waals surface area contributed by atoms with E-state index >= 15 is 0 Å². The number of hydrogen-bond donors (Lipinski definition) is 5. The molecule has 0 bridgehead atoms. The van der Waals surface area contributed by atoms with Crippen LogP contribution in [0.3, 0.4) is 0 Å². The molecule has 0 amide bonds. The number of aromatic amines is 1. The fourth-order valence-corrected chi connectivity index (χ4v) is 1.54. The fraction of sp³-hybridized carbons (Fsp3) is 0.273. The van der Waals surface area contributed by atoms with Gasteiger partial charge in [-0.25, -0.2) is 4.98 Å². The van der Waals surface area contributed by atoms with E-state index in [9.17, 15) is 15.3 Å². The van der Waals surface area contributed by atoms with Crippen LogP contribution in [0, 0.1) is 0 Å². The van der Waals surface area contributed by atoms with Crippen molar-refractivity contribution in [2.24, 2.45) is 0 Å². The highest BCUT2D eigenvalue weighted by Crippen LogP contribution is 2.36. The lowest BCUT2D eigenvalue weighted by atomic mass is 10.1. The van der Waals surface area contributed by atoms with Crippen molar-refractivity contribution in [1.82, 2.24) is 20.5 Å². The second-order valence-electron chi connectivity index (χ2n) is 3.91. The summed E-state index contributed by atoms with van der Waals surface area (Å²) in [4.78, 5) is 4.00. The number of hydrogen-bond acceptors (Lipinski definition) is 6. The third kappa shape index (κ3) is 2.35. The highest BCUT2D eigenvalue weighted by Gasteiger charge is 2.13. The van der Waals surface area contributed by atoms with Crippen molar-refractivity contribution in [1.29, 1.82) is 0 Å². The highest BCUT2D eigenvalue weighted by atomic mass is 16.3. The van der Waals surface area contributed by atoms with Crippen molar-refractivity contribution in [2.75, 3.05) is 0 Å². The van der Waals surface area contributed by atoms with Crippen molar-refractivity contribution < 1.29 is 15.3 Å². The maximum atomic E-state index is 9.64. The van der Waals surface area contributed by atoms with Gasteiger partial charge in [-0.15, -0.1) is 0 Å². The van der Waals surface area contributed by atoms with Crippen LogP contribution in [0.15, 0.2) is 18.5 Å². The molecular weight excluding hydrogens is 236 g/mol. The minimum absolute atomic E-state index is 0.0807. The lowest BCUT2D eigenvalue weighted by Crippen LogP contribution is -2.19. The lowest BCUT2D eigenvalue weighted by Gasteiger charge is -2.12. The summed E-state index contributed by atoms with van der Waals surface area (Å²) in [6.45, 7) is 2.21. The molecule has 1 unspecified atom stereocenters. The van der Waals surface area contributed by atoms with Crippen LogP contribution in [0.4, 0.5) is 0 Å². The van der Waals surface area contributed by atoms with E-state index in [0.717, 1.165) is 0 Å². The summed E-state index contributed by atoms with van der Waals surface area (Å²) in [5, 5.41) is 37.8. The first-order valence-corrected chi connectivity index (χ1v) is 5.41. The van der Waals surface area contributed by atoms with Crippen LogP contribution in [0.1, 0.15) is 24.4 Å². The third-order valence-corrected chi connectivity index (χ3v) is 2.66. The first-order valence-electron chi connectivity index (χ1n) is 5.41. The van der Waals surface area contributed by atoms with E-state index in [4.69, 9.17) is 0 Å². The van der Waals surface area contributed by atoms with Gasteiger partial charge in [0.25, 0.3) is 0 Å². The van der Waals surface area contributed by atoms with Gasteiger partial charge in [0.05, 0.1) is 6.04 Å². The highest BCUT2D eigenvalue weighted by molar-refractivity contribution is 5.53. The Kier molecular flexibility index (Phi) is 3.33. The van der Waals surface area contributed by atoms with Gasteiger partial charge in [0.1, 0.15) is 12.2 Å². The van der Waals surface area contributed by atoms with Crippen LogP contribution in [0.2, 0.25) is 0 Å². The zero-order valence-electron chi connectivity index (χ0n) is 9.75. The standard InChI is InChI=1S/C11H14N4O3/c1-6(11-13-5-14-15-11)12-4-7-2-3-8(16)10(18)9(7)17/h2-3,5-6,12,16-18H,4H2,1H3,(H,13,14,15). The molecule has 0 aliphatic heterocycles. The second-order valence-corrected chi connectivity index (χ2v) is 3.91. The summed E-state index contributed by atoms with van der Waals surface area (Å²) in [7, 11) is 0. The van der Waals surface area contributed by atoms with E-state index in [1.807, 2.05) is 6.92 Å². The number of H-pyrrole nitrogens is 1. The molecule has 1 aromatic heterocycles. The van der Waals surface area contributed by atoms with Crippen LogP contribution in [-0.2, 0) is 6.54 Å². The van der Waals surface area contributed by atoms with Gasteiger partial charge in [-0.3, -0.25) is 5.10 Å². The number of phenolic OH excluding ortho intramolecular Hbond substituents is 3. The number of nitrogens with one attached hydrogen (secondary N) is 2. The topological polar surface area (TPSA) is 114 Å². The summed E-state index contributed by atoms with van der Waals surface area (Å²) in [5.41, 5.74) is 0.483. The molecule has 5 N–H and O–H groups in total. The molecule has 1 aromatic carbocycles. The second kappa shape index (κ2) is 4.92. The van der Waals surface area contributed by atoms with Crippen molar-refractivity contribution in [3.05, 3.63) is 29.8 Å². The molecule has 0 saturated heterocycles. The number of benzene rings is 1. The van der Waals surface area contributed by atoms with Crippen LogP contribution in [0.5, 0.6) is 17.2 Å². The van der Waals surface area contributed by atoms with Gasteiger partial charge < -0.3 is 20.6 Å². The van der Waals surface area contributed by atoms with Crippen LogP contribution >= 0.6 is 0 Å². The molecule has 7 heteroatoms. The Morgan fingerprint density at radius 2 is 2.06 bits per heavy atom. The van der Waals surface area contributed by atoms with E-state index in [-0.39, 0.29) is 17.5 Å². The zero-order chi connectivity index (χ0) is 13.1. The Bertz CT molecular complexity index is 527. The van der Waals surface area contributed by atoms with E-state index in [0.29, 0.717) is 17.9 Å². The number of nitrogens with zero attached hydrogens (tertiary/aromatic N) is 2. The van der Waals surface area contributed by atoms with Crippen molar-refractivity contribution in [2.45, 2.75) is 19.5 Å². The van der Waals surface area contributed by atoms with E-state index in [1.165, 1.54) is 18.5 Å². The number of aromatic hydroxyl groups is 3. The van der Waals surface area contributed by atoms with Crippen LogP contribution in [0.25, 0.3) is 0 Å². The molecule has 0 spiro atoms. The molecule has 1 atom stereocenters. The number of aromatic nitrogens is 3. The van der Waals surface area contributed by atoms with Gasteiger partial charge >= 0.3 is 0 Å². The molecule has 0 saturated carbocycles. The van der Waals surface area contributed by atoms with E-state index in [1.54, 1.807) is 0 Å². The Labute approximate surface area is 103 Å².